The van der Waals surface area contributed by atoms with Gasteiger partial charge in [0.05, 0.1) is 0 Å². The minimum atomic E-state index is -0.351. The molecule has 2 rings (SSSR count). The Labute approximate surface area is 60.9 Å². The summed E-state index contributed by atoms with van der Waals surface area (Å²) >= 11 is 0. The van der Waals surface area contributed by atoms with Crippen LogP contribution in [0.25, 0.3) is 5.65 Å². The van der Waals surface area contributed by atoms with E-state index in [0.29, 0.717) is 0 Å². The van der Waals surface area contributed by atoms with Gasteiger partial charge in [0, 0.05) is 6.20 Å². The predicted molar refractivity (Wildman–Crippen MR) is 37.5 cm³/mol. The Kier molecular flexibility index (Phi) is 1.00. The molecule has 5 heteroatoms. The lowest BCUT2D eigenvalue weighted by Crippen LogP contribution is -2.07. The van der Waals surface area contributed by atoms with E-state index in [2.05, 4.69) is 10.2 Å². The van der Waals surface area contributed by atoms with Gasteiger partial charge in [-0.25, -0.2) is 14.3 Å². The second-order valence-corrected chi connectivity index (χ2v) is 2.12. The van der Waals surface area contributed by atoms with Gasteiger partial charge in [0.15, 0.2) is 5.75 Å². The lowest BCUT2D eigenvalue weighted by molar-refractivity contribution is 0.477. The number of H-pyrrole nitrogens is 1. The highest BCUT2D eigenvalue weighted by molar-refractivity contribution is 5.50. The van der Waals surface area contributed by atoms with Crippen molar-refractivity contribution >= 4 is 5.65 Å². The highest BCUT2D eigenvalue weighted by Crippen LogP contribution is 2.11. The second kappa shape index (κ2) is 1.85. The fourth-order valence-electron chi connectivity index (χ4n) is 0.918. The minimum Gasteiger partial charge on any atom is -0.504 e. The van der Waals surface area contributed by atoms with Crippen LogP contribution in [0.3, 0.4) is 0 Å². The monoisotopic (exact) mass is 151 g/mol. The van der Waals surface area contributed by atoms with Gasteiger partial charge in [-0.2, -0.15) is 0 Å². The van der Waals surface area contributed by atoms with E-state index in [1.54, 1.807) is 6.07 Å². The number of hydrogen-bond donors (Lipinski definition) is 2. The van der Waals surface area contributed by atoms with Crippen LogP contribution in [0.2, 0.25) is 0 Å². The van der Waals surface area contributed by atoms with Gasteiger partial charge >= 0.3 is 5.69 Å². The van der Waals surface area contributed by atoms with Gasteiger partial charge in [0.2, 0.25) is 5.65 Å². The van der Waals surface area contributed by atoms with E-state index in [1.165, 1.54) is 16.7 Å². The SMILES string of the molecule is O=c1[nH]nc2c(O)cccn12. The van der Waals surface area contributed by atoms with Crippen molar-refractivity contribution in [3.63, 3.8) is 0 Å². The van der Waals surface area contributed by atoms with Crippen LogP contribution in [-0.2, 0) is 0 Å². The normalized spacial score (nSPS) is 10.5. The molecule has 5 nitrogen and oxygen atoms in total. The summed E-state index contributed by atoms with van der Waals surface area (Å²) in [6.45, 7) is 0. The molecule has 0 amide bonds. The van der Waals surface area contributed by atoms with Gasteiger partial charge in [-0.15, -0.1) is 5.10 Å². The molecule has 0 spiro atoms. The van der Waals surface area contributed by atoms with E-state index in [0.717, 1.165) is 0 Å². The Morgan fingerprint density at radius 2 is 2.45 bits per heavy atom. The number of rotatable bonds is 0. The Morgan fingerprint density at radius 1 is 1.64 bits per heavy atom. The van der Waals surface area contributed by atoms with Gasteiger partial charge < -0.3 is 5.11 Å². The molecular formula is C6H5N3O2. The van der Waals surface area contributed by atoms with Gasteiger partial charge in [-0.05, 0) is 12.1 Å². The Hall–Kier alpha value is -1.78. The summed E-state index contributed by atoms with van der Waals surface area (Å²) < 4.78 is 1.23. The first kappa shape index (κ1) is 5.96. The van der Waals surface area contributed by atoms with Crippen molar-refractivity contribution in [3.05, 3.63) is 28.8 Å². The number of nitrogens with zero attached hydrogens (tertiary/aromatic N) is 2. The van der Waals surface area contributed by atoms with Crippen LogP contribution in [-0.4, -0.2) is 19.7 Å². The van der Waals surface area contributed by atoms with E-state index in [-0.39, 0.29) is 17.1 Å². The van der Waals surface area contributed by atoms with E-state index in [1.807, 2.05) is 0 Å². The fraction of sp³-hybridized carbons (Fsp3) is 0. The third-order valence-electron chi connectivity index (χ3n) is 1.42. The molecule has 2 N–H and O–H groups in total. The molecule has 0 saturated carbocycles. The summed E-state index contributed by atoms with van der Waals surface area (Å²) in [5, 5.41) is 15.0. The zero-order chi connectivity index (χ0) is 7.84. The van der Waals surface area contributed by atoms with E-state index >= 15 is 0 Å². The molecule has 0 bridgehead atoms. The first-order valence-electron chi connectivity index (χ1n) is 3.04. The average Bonchev–Trinajstić information content (AvgIpc) is 2.35. The van der Waals surface area contributed by atoms with Crippen molar-refractivity contribution in [3.8, 4) is 5.75 Å². The van der Waals surface area contributed by atoms with Crippen molar-refractivity contribution in [2.24, 2.45) is 0 Å². The maximum Gasteiger partial charge on any atom is 0.347 e. The number of hydrogen-bond acceptors (Lipinski definition) is 3. The molecule has 0 aromatic carbocycles. The molecule has 0 atom stereocenters. The summed E-state index contributed by atoms with van der Waals surface area (Å²) in [6, 6.07) is 3.04. The van der Waals surface area contributed by atoms with Crippen molar-refractivity contribution in [1.29, 1.82) is 0 Å². The van der Waals surface area contributed by atoms with Gasteiger partial charge in [-0.3, -0.25) is 0 Å². The molecule has 2 aromatic heterocycles. The van der Waals surface area contributed by atoms with Gasteiger partial charge in [0.1, 0.15) is 0 Å². The lowest BCUT2D eigenvalue weighted by atomic mass is 10.4. The quantitative estimate of drug-likeness (QED) is 0.544. The Bertz CT molecular complexity index is 442. The Morgan fingerprint density at radius 3 is 3.18 bits per heavy atom. The summed E-state index contributed by atoms with van der Waals surface area (Å²) in [4.78, 5) is 10.9. The predicted octanol–water partition coefficient (Wildman–Crippen LogP) is -0.272. The van der Waals surface area contributed by atoms with Crippen LogP contribution >= 0.6 is 0 Å². The smallest absolute Gasteiger partial charge is 0.347 e. The summed E-state index contributed by atoms with van der Waals surface area (Å²) in [5.41, 5.74) is -0.103. The average molecular weight is 151 g/mol. The largest absolute Gasteiger partial charge is 0.504 e. The highest BCUT2D eigenvalue weighted by atomic mass is 16.3. The summed E-state index contributed by atoms with van der Waals surface area (Å²) in [5.74, 6) is -0.00847. The van der Waals surface area contributed by atoms with Crippen molar-refractivity contribution in [2.45, 2.75) is 0 Å². The molecule has 0 aliphatic heterocycles. The number of aromatic nitrogens is 3. The van der Waals surface area contributed by atoms with Crippen LogP contribution in [0.4, 0.5) is 0 Å². The number of aromatic hydroxyl groups is 1. The Balaban J connectivity index is 3.06. The number of pyridine rings is 1. The second-order valence-electron chi connectivity index (χ2n) is 2.12. The standard InChI is InChI=1S/C6H5N3O2/c10-4-2-1-3-9-5(4)7-8-6(9)11/h1-3,10H,(H,8,11). The summed E-state index contributed by atoms with van der Waals surface area (Å²) in [6.07, 6.45) is 1.53. The molecule has 56 valence electrons. The van der Waals surface area contributed by atoms with Gasteiger partial charge in [0.25, 0.3) is 0 Å². The first-order chi connectivity index (χ1) is 5.29. The maximum atomic E-state index is 10.9. The molecule has 0 saturated heterocycles. The van der Waals surface area contributed by atoms with E-state index in [9.17, 15) is 4.79 Å². The molecular weight excluding hydrogens is 146 g/mol. The van der Waals surface area contributed by atoms with Crippen LogP contribution in [0, 0.1) is 0 Å². The van der Waals surface area contributed by atoms with Crippen LogP contribution < -0.4 is 5.69 Å². The molecule has 0 unspecified atom stereocenters. The molecule has 2 aromatic rings. The highest BCUT2D eigenvalue weighted by Gasteiger charge is 2.01. The van der Waals surface area contributed by atoms with E-state index in [4.69, 9.17) is 5.11 Å². The van der Waals surface area contributed by atoms with Gasteiger partial charge in [-0.1, -0.05) is 0 Å². The van der Waals surface area contributed by atoms with Crippen LogP contribution in [0.15, 0.2) is 23.1 Å². The number of fused-ring (bicyclic) bond motifs is 1. The molecule has 0 radical (unpaired) electrons. The third kappa shape index (κ3) is 0.706. The molecule has 0 aliphatic rings. The van der Waals surface area contributed by atoms with Crippen molar-refractivity contribution in [2.75, 3.05) is 0 Å². The molecule has 0 fully saturated rings. The lowest BCUT2D eigenvalue weighted by Gasteiger charge is -1.90. The minimum absolute atomic E-state index is 0.00847. The van der Waals surface area contributed by atoms with Crippen molar-refractivity contribution < 1.29 is 5.11 Å². The van der Waals surface area contributed by atoms with Crippen LogP contribution in [0.5, 0.6) is 5.75 Å². The fourth-order valence-corrected chi connectivity index (χ4v) is 0.918. The molecule has 11 heavy (non-hydrogen) atoms. The van der Waals surface area contributed by atoms with Crippen molar-refractivity contribution in [1.82, 2.24) is 14.6 Å². The number of nitrogens with one attached hydrogen (secondary N) is 1. The van der Waals surface area contributed by atoms with E-state index < -0.39 is 0 Å². The third-order valence-corrected chi connectivity index (χ3v) is 1.42. The molecule has 2 heterocycles. The topological polar surface area (TPSA) is 70.4 Å². The molecule has 0 aliphatic carbocycles. The number of aromatic amines is 1. The maximum absolute atomic E-state index is 10.9. The summed E-state index contributed by atoms with van der Waals surface area (Å²) in [7, 11) is 0. The zero-order valence-electron chi connectivity index (χ0n) is 5.48. The van der Waals surface area contributed by atoms with Crippen LogP contribution in [0.1, 0.15) is 0 Å². The first-order valence-corrected chi connectivity index (χ1v) is 3.04. The zero-order valence-corrected chi connectivity index (χ0v) is 5.48.